The van der Waals surface area contributed by atoms with Crippen LogP contribution in [0.3, 0.4) is 0 Å². The Hall–Kier alpha value is -2.77. The smallest absolute Gasteiger partial charge is 0.317 e. The number of benzene rings is 1. The summed E-state index contributed by atoms with van der Waals surface area (Å²) in [6.45, 7) is 5.31. The van der Waals surface area contributed by atoms with E-state index in [1.165, 1.54) is 19.3 Å². The molecule has 8 nitrogen and oxygen atoms in total. The first-order valence-corrected chi connectivity index (χ1v) is 12.4. The van der Waals surface area contributed by atoms with Crippen molar-refractivity contribution in [2.75, 3.05) is 31.2 Å². The zero-order valence-electron chi connectivity index (χ0n) is 19.9. The number of amides is 4. The lowest BCUT2D eigenvalue weighted by Crippen LogP contribution is -2.59. The third kappa shape index (κ3) is 5.09. The van der Waals surface area contributed by atoms with Crippen molar-refractivity contribution < 1.29 is 14.4 Å². The minimum atomic E-state index is -0.721. The van der Waals surface area contributed by atoms with Gasteiger partial charge in [-0.2, -0.15) is 0 Å². The predicted octanol–water partition coefficient (Wildman–Crippen LogP) is 2.69. The number of piperidine rings is 1. The molecule has 1 aromatic rings. The molecule has 0 radical (unpaired) electrons. The Morgan fingerprint density at radius 2 is 1.73 bits per heavy atom. The lowest BCUT2D eigenvalue weighted by molar-refractivity contribution is -0.137. The van der Waals surface area contributed by atoms with Crippen molar-refractivity contribution in [1.82, 2.24) is 20.4 Å². The molecule has 0 bridgehead atoms. The third-order valence-electron chi connectivity index (χ3n) is 7.18. The van der Waals surface area contributed by atoms with Crippen LogP contribution < -0.4 is 15.5 Å². The van der Waals surface area contributed by atoms with Gasteiger partial charge in [0.2, 0.25) is 5.91 Å². The number of para-hydroxylation sites is 1. The van der Waals surface area contributed by atoms with Gasteiger partial charge in [-0.05, 0) is 51.7 Å². The minimum Gasteiger partial charge on any atom is -0.352 e. The molecule has 3 aliphatic rings. The maximum absolute atomic E-state index is 13.7. The summed E-state index contributed by atoms with van der Waals surface area (Å²) >= 11 is 0. The normalized spacial score (nSPS) is 21.1. The fraction of sp³-hybridized carbons (Fsp3) is 0.640. The number of anilines is 1. The van der Waals surface area contributed by atoms with E-state index in [4.69, 9.17) is 0 Å². The topological polar surface area (TPSA) is 85.0 Å². The van der Waals surface area contributed by atoms with Gasteiger partial charge >= 0.3 is 6.03 Å². The van der Waals surface area contributed by atoms with Crippen molar-refractivity contribution in [3.8, 4) is 0 Å². The second-order valence-corrected chi connectivity index (χ2v) is 9.93. The summed E-state index contributed by atoms with van der Waals surface area (Å²) in [6, 6.07) is 10.2. The Balaban J connectivity index is 1.47. The van der Waals surface area contributed by atoms with E-state index in [1.807, 2.05) is 49.1 Å². The van der Waals surface area contributed by atoms with Crippen LogP contribution in [0, 0.1) is 0 Å². The number of hydrogen-bond acceptors (Lipinski definition) is 4. The van der Waals surface area contributed by atoms with Crippen LogP contribution in [0.4, 0.5) is 10.5 Å². The molecule has 1 aromatic carbocycles. The first kappa shape index (κ1) is 23.4. The van der Waals surface area contributed by atoms with Crippen LogP contribution in [0.2, 0.25) is 0 Å². The van der Waals surface area contributed by atoms with E-state index in [0.29, 0.717) is 32.6 Å². The fourth-order valence-corrected chi connectivity index (χ4v) is 5.46. The molecule has 1 spiro atoms. The molecular formula is C25H37N5O3. The molecule has 3 fully saturated rings. The highest BCUT2D eigenvalue weighted by molar-refractivity contribution is 5.96. The monoisotopic (exact) mass is 455 g/mol. The molecule has 4 rings (SSSR count). The van der Waals surface area contributed by atoms with E-state index >= 15 is 0 Å². The van der Waals surface area contributed by atoms with Crippen molar-refractivity contribution in [1.29, 1.82) is 0 Å². The first-order chi connectivity index (χ1) is 15.9. The van der Waals surface area contributed by atoms with E-state index in [2.05, 4.69) is 15.5 Å². The lowest BCUT2D eigenvalue weighted by atomic mass is 9.85. The SMILES string of the molecule is CC(C)NC(=O)CN1CN(c2ccccc2)C2(CCN(C(=O)NC3CCCCC3)CC2)C1=O. The Morgan fingerprint density at radius 1 is 1.06 bits per heavy atom. The Labute approximate surface area is 196 Å². The van der Waals surface area contributed by atoms with Crippen molar-refractivity contribution in [2.24, 2.45) is 0 Å². The van der Waals surface area contributed by atoms with Crippen molar-refractivity contribution >= 4 is 23.5 Å². The van der Waals surface area contributed by atoms with Gasteiger partial charge in [0.1, 0.15) is 12.1 Å². The molecule has 8 heteroatoms. The highest BCUT2D eigenvalue weighted by Crippen LogP contribution is 2.39. The zero-order chi connectivity index (χ0) is 23.4. The van der Waals surface area contributed by atoms with Crippen LogP contribution in [-0.4, -0.2) is 71.6 Å². The molecule has 4 amide bonds. The summed E-state index contributed by atoms with van der Waals surface area (Å²) in [7, 11) is 0. The molecule has 1 aliphatic carbocycles. The van der Waals surface area contributed by atoms with Gasteiger partial charge in [-0.3, -0.25) is 9.59 Å². The number of hydrogen-bond donors (Lipinski definition) is 2. The molecular weight excluding hydrogens is 418 g/mol. The summed E-state index contributed by atoms with van der Waals surface area (Å²) < 4.78 is 0. The molecule has 180 valence electrons. The minimum absolute atomic E-state index is 0.0124. The molecule has 0 aromatic heterocycles. The van der Waals surface area contributed by atoms with Crippen molar-refractivity contribution in [3.63, 3.8) is 0 Å². The molecule has 2 saturated heterocycles. The van der Waals surface area contributed by atoms with Crippen LogP contribution in [0.1, 0.15) is 58.8 Å². The number of nitrogens with zero attached hydrogens (tertiary/aromatic N) is 3. The van der Waals surface area contributed by atoms with E-state index in [9.17, 15) is 14.4 Å². The number of nitrogens with one attached hydrogen (secondary N) is 2. The van der Waals surface area contributed by atoms with Crippen LogP contribution in [0.5, 0.6) is 0 Å². The van der Waals surface area contributed by atoms with E-state index in [0.717, 1.165) is 18.5 Å². The van der Waals surface area contributed by atoms with E-state index < -0.39 is 5.54 Å². The summed E-state index contributed by atoms with van der Waals surface area (Å²) in [4.78, 5) is 44.6. The fourth-order valence-electron chi connectivity index (χ4n) is 5.46. The van der Waals surface area contributed by atoms with Gasteiger partial charge in [0.25, 0.3) is 5.91 Å². The maximum Gasteiger partial charge on any atom is 0.317 e. The largest absolute Gasteiger partial charge is 0.352 e. The van der Waals surface area contributed by atoms with Crippen molar-refractivity contribution in [3.05, 3.63) is 30.3 Å². The Bertz CT molecular complexity index is 845. The number of urea groups is 1. The van der Waals surface area contributed by atoms with Gasteiger partial charge in [-0.25, -0.2) is 4.79 Å². The summed E-state index contributed by atoms with van der Waals surface area (Å²) in [5.41, 5.74) is 0.249. The summed E-state index contributed by atoms with van der Waals surface area (Å²) in [5, 5.41) is 6.08. The van der Waals surface area contributed by atoms with Crippen molar-refractivity contribution in [2.45, 2.75) is 76.4 Å². The van der Waals surface area contributed by atoms with E-state index in [1.54, 1.807) is 4.90 Å². The standard InChI is InChI=1S/C25H37N5O3/c1-19(2)26-22(31)17-29-18-30(21-11-7-4-8-12-21)25(23(29)32)13-15-28(16-14-25)24(33)27-20-9-5-3-6-10-20/h4,7-8,11-12,19-20H,3,5-6,9-10,13-18H2,1-2H3,(H,26,31)(H,27,33). The average molecular weight is 456 g/mol. The van der Waals surface area contributed by atoms with E-state index in [-0.39, 0.29) is 36.5 Å². The highest BCUT2D eigenvalue weighted by Gasteiger charge is 2.54. The molecule has 0 atom stereocenters. The van der Waals surface area contributed by atoms with Gasteiger partial charge in [-0.1, -0.05) is 37.5 Å². The van der Waals surface area contributed by atoms with Crippen LogP contribution in [0.25, 0.3) is 0 Å². The molecule has 2 N–H and O–H groups in total. The molecule has 0 unspecified atom stereocenters. The maximum atomic E-state index is 13.7. The molecule has 2 aliphatic heterocycles. The number of carbonyl (C=O) groups is 3. The number of likely N-dealkylation sites (tertiary alicyclic amines) is 1. The second-order valence-electron chi connectivity index (χ2n) is 9.93. The zero-order valence-corrected chi connectivity index (χ0v) is 19.9. The molecule has 1 saturated carbocycles. The number of rotatable bonds is 5. The third-order valence-corrected chi connectivity index (χ3v) is 7.18. The average Bonchev–Trinajstić information content (AvgIpc) is 3.06. The summed E-state index contributed by atoms with van der Waals surface area (Å²) in [6.07, 6.45) is 6.82. The Kier molecular flexibility index (Phi) is 7.10. The first-order valence-electron chi connectivity index (χ1n) is 12.4. The van der Waals surface area contributed by atoms with Crippen LogP contribution in [0.15, 0.2) is 30.3 Å². The van der Waals surface area contributed by atoms with Gasteiger partial charge in [0.15, 0.2) is 0 Å². The van der Waals surface area contributed by atoms with Crippen LogP contribution in [-0.2, 0) is 9.59 Å². The van der Waals surface area contributed by atoms with Crippen LogP contribution >= 0.6 is 0 Å². The summed E-state index contributed by atoms with van der Waals surface area (Å²) in [5.74, 6) is -0.162. The molecule has 33 heavy (non-hydrogen) atoms. The quantitative estimate of drug-likeness (QED) is 0.715. The lowest BCUT2D eigenvalue weighted by Gasteiger charge is -2.43. The highest BCUT2D eigenvalue weighted by atomic mass is 16.2. The van der Waals surface area contributed by atoms with Gasteiger partial charge in [-0.15, -0.1) is 0 Å². The van der Waals surface area contributed by atoms with Gasteiger partial charge < -0.3 is 25.3 Å². The molecule has 2 heterocycles. The van der Waals surface area contributed by atoms with Gasteiger partial charge in [0, 0.05) is 30.9 Å². The number of carbonyl (C=O) groups excluding carboxylic acids is 3. The predicted molar refractivity (Wildman–Crippen MR) is 128 cm³/mol. The van der Waals surface area contributed by atoms with Gasteiger partial charge in [0.05, 0.1) is 6.67 Å². The Morgan fingerprint density at radius 3 is 2.36 bits per heavy atom. The second kappa shape index (κ2) is 10.0.